The maximum Gasteiger partial charge on any atom is 0.255 e. The van der Waals surface area contributed by atoms with Crippen molar-refractivity contribution in [2.45, 2.75) is 46.1 Å². The Morgan fingerprint density at radius 2 is 2.21 bits per heavy atom. The molecule has 1 aliphatic rings. The standard InChI is InChI=1S/C19H26N4O/c1-14(2)23-15(3)11-21-18(23)10-16-6-5-9-22(13-16)19(24)17-7-4-8-20-12-17/h4,7-8,11-12,14,16H,5-6,9-10,13H2,1-3H3. The number of likely N-dealkylation sites (tertiary alicyclic amines) is 1. The summed E-state index contributed by atoms with van der Waals surface area (Å²) in [5.41, 5.74) is 1.89. The molecule has 2 aromatic rings. The molecule has 0 aromatic carbocycles. The number of carbonyl (C=O) groups excluding carboxylic acids is 1. The first kappa shape index (κ1) is 16.7. The number of piperidine rings is 1. The van der Waals surface area contributed by atoms with Crippen LogP contribution >= 0.6 is 0 Å². The van der Waals surface area contributed by atoms with Crippen LogP contribution < -0.4 is 0 Å². The summed E-state index contributed by atoms with van der Waals surface area (Å²) >= 11 is 0. The number of imidazole rings is 1. The van der Waals surface area contributed by atoms with Crippen molar-refractivity contribution in [1.82, 2.24) is 19.4 Å². The van der Waals surface area contributed by atoms with E-state index in [1.807, 2.05) is 23.2 Å². The molecular weight excluding hydrogens is 300 g/mol. The molecule has 0 saturated carbocycles. The summed E-state index contributed by atoms with van der Waals surface area (Å²) in [7, 11) is 0. The van der Waals surface area contributed by atoms with E-state index in [4.69, 9.17) is 0 Å². The number of aromatic nitrogens is 3. The van der Waals surface area contributed by atoms with Gasteiger partial charge in [0.2, 0.25) is 0 Å². The molecule has 1 atom stereocenters. The van der Waals surface area contributed by atoms with Crippen molar-refractivity contribution in [3.8, 4) is 0 Å². The lowest BCUT2D eigenvalue weighted by Gasteiger charge is -2.33. The predicted molar refractivity (Wildman–Crippen MR) is 93.9 cm³/mol. The second-order valence-corrected chi connectivity index (χ2v) is 6.98. The number of pyridine rings is 1. The van der Waals surface area contributed by atoms with Crippen LogP contribution in [0.5, 0.6) is 0 Å². The van der Waals surface area contributed by atoms with E-state index in [1.165, 1.54) is 5.69 Å². The highest BCUT2D eigenvalue weighted by atomic mass is 16.2. The van der Waals surface area contributed by atoms with Crippen molar-refractivity contribution in [2.24, 2.45) is 5.92 Å². The van der Waals surface area contributed by atoms with Gasteiger partial charge < -0.3 is 9.47 Å². The zero-order chi connectivity index (χ0) is 17.1. The van der Waals surface area contributed by atoms with Gasteiger partial charge >= 0.3 is 0 Å². The third kappa shape index (κ3) is 3.50. The molecule has 1 aliphatic heterocycles. The van der Waals surface area contributed by atoms with Crippen LogP contribution in [-0.2, 0) is 6.42 Å². The van der Waals surface area contributed by atoms with Gasteiger partial charge in [0, 0.05) is 49.8 Å². The Bertz CT molecular complexity index is 693. The maximum atomic E-state index is 12.6. The first-order valence-electron chi connectivity index (χ1n) is 8.78. The van der Waals surface area contributed by atoms with E-state index >= 15 is 0 Å². The number of hydrogen-bond acceptors (Lipinski definition) is 3. The largest absolute Gasteiger partial charge is 0.338 e. The first-order chi connectivity index (χ1) is 11.6. The molecule has 2 aromatic heterocycles. The van der Waals surface area contributed by atoms with Gasteiger partial charge in [-0.25, -0.2) is 4.98 Å². The second kappa shape index (κ2) is 7.16. The van der Waals surface area contributed by atoms with Gasteiger partial charge in [-0.3, -0.25) is 9.78 Å². The average Bonchev–Trinajstić information content (AvgIpc) is 2.96. The predicted octanol–water partition coefficient (Wildman–Crippen LogP) is 3.26. The van der Waals surface area contributed by atoms with Crippen molar-refractivity contribution >= 4 is 5.91 Å². The fourth-order valence-corrected chi connectivity index (χ4v) is 3.70. The molecule has 1 unspecified atom stereocenters. The van der Waals surface area contributed by atoms with Crippen molar-refractivity contribution in [1.29, 1.82) is 0 Å². The summed E-state index contributed by atoms with van der Waals surface area (Å²) in [6.45, 7) is 8.13. The average molecular weight is 326 g/mol. The van der Waals surface area contributed by atoms with Gasteiger partial charge in [0.05, 0.1) is 5.56 Å². The molecule has 3 heterocycles. The van der Waals surface area contributed by atoms with Crippen LogP contribution in [-0.4, -0.2) is 38.4 Å². The number of rotatable bonds is 4. The fraction of sp³-hybridized carbons (Fsp3) is 0.526. The zero-order valence-corrected chi connectivity index (χ0v) is 14.8. The molecule has 1 saturated heterocycles. The highest BCUT2D eigenvalue weighted by molar-refractivity contribution is 5.93. The van der Waals surface area contributed by atoms with Crippen LogP contribution in [0.1, 0.15) is 54.6 Å². The van der Waals surface area contributed by atoms with Crippen molar-refractivity contribution in [3.63, 3.8) is 0 Å². The van der Waals surface area contributed by atoms with Crippen molar-refractivity contribution < 1.29 is 4.79 Å². The van der Waals surface area contributed by atoms with E-state index < -0.39 is 0 Å². The van der Waals surface area contributed by atoms with E-state index in [2.05, 4.69) is 35.3 Å². The minimum absolute atomic E-state index is 0.0937. The summed E-state index contributed by atoms with van der Waals surface area (Å²) < 4.78 is 2.31. The van der Waals surface area contributed by atoms with Crippen LogP contribution in [0.25, 0.3) is 0 Å². The summed E-state index contributed by atoms with van der Waals surface area (Å²) in [5, 5.41) is 0. The summed E-state index contributed by atoms with van der Waals surface area (Å²) in [6.07, 6.45) is 8.45. The lowest BCUT2D eigenvalue weighted by molar-refractivity contribution is 0.0671. The zero-order valence-electron chi connectivity index (χ0n) is 14.8. The maximum absolute atomic E-state index is 12.6. The Hall–Kier alpha value is -2.17. The fourth-order valence-electron chi connectivity index (χ4n) is 3.70. The number of amides is 1. The smallest absolute Gasteiger partial charge is 0.255 e. The first-order valence-corrected chi connectivity index (χ1v) is 8.78. The van der Waals surface area contributed by atoms with Crippen molar-refractivity contribution in [2.75, 3.05) is 13.1 Å². The van der Waals surface area contributed by atoms with Gasteiger partial charge in [-0.05, 0) is 51.7 Å². The van der Waals surface area contributed by atoms with Crippen molar-refractivity contribution in [3.05, 3.63) is 47.8 Å². The van der Waals surface area contributed by atoms with Crippen LogP contribution in [0.15, 0.2) is 30.7 Å². The lowest BCUT2D eigenvalue weighted by Crippen LogP contribution is -2.40. The van der Waals surface area contributed by atoms with Gasteiger partial charge in [-0.2, -0.15) is 0 Å². The van der Waals surface area contributed by atoms with Crippen LogP contribution in [0, 0.1) is 12.8 Å². The van der Waals surface area contributed by atoms with Crippen LogP contribution in [0.3, 0.4) is 0 Å². The third-order valence-electron chi connectivity index (χ3n) is 4.76. The minimum atomic E-state index is 0.0937. The number of aryl methyl sites for hydroxylation is 1. The van der Waals surface area contributed by atoms with Crippen LogP contribution in [0.2, 0.25) is 0 Å². The minimum Gasteiger partial charge on any atom is -0.338 e. The van der Waals surface area contributed by atoms with Gasteiger partial charge in [0.25, 0.3) is 5.91 Å². The van der Waals surface area contributed by atoms with E-state index in [9.17, 15) is 4.79 Å². The molecule has 0 N–H and O–H groups in total. The monoisotopic (exact) mass is 326 g/mol. The summed E-state index contributed by atoms with van der Waals surface area (Å²) in [6, 6.07) is 4.07. The normalized spacial score (nSPS) is 18.2. The summed E-state index contributed by atoms with van der Waals surface area (Å²) in [5.74, 6) is 1.71. The third-order valence-corrected chi connectivity index (χ3v) is 4.76. The van der Waals surface area contributed by atoms with Crippen LogP contribution in [0.4, 0.5) is 0 Å². The molecule has 24 heavy (non-hydrogen) atoms. The molecule has 3 rings (SSSR count). The van der Waals surface area contributed by atoms with E-state index in [1.54, 1.807) is 12.4 Å². The molecule has 5 nitrogen and oxygen atoms in total. The Balaban J connectivity index is 1.69. The summed E-state index contributed by atoms with van der Waals surface area (Å²) in [4.78, 5) is 23.3. The SMILES string of the molecule is Cc1cnc(CC2CCCN(C(=O)c3cccnc3)C2)n1C(C)C. The lowest BCUT2D eigenvalue weighted by atomic mass is 9.94. The molecule has 0 bridgehead atoms. The van der Waals surface area contributed by atoms with E-state index in [0.717, 1.165) is 38.2 Å². The van der Waals surface area contributed by atoms with Gasteiger partial charge in [0.15, 0.2) is 0 Å². The molecular formula is C19H26N4O. The molecule has 0 spiro atoms. The number of carbonyl (C=O) groups is 1. The molecule has 0 radical (unpaired) electrons. The van der Waals surface area contributed by atoms with Gasteiger partial charge in [-0.1, -0.05) is 0 Å². The Morgan fingerprint density at radius 1 is 1.38 bits per heavy atom. The Labute approximate surface area is 143 Å². The van der Waals surface area contributed by atoms with Gasteiger partial charge in [-0.15, -0.1) is 0 Å². The molecule has 5 heteroatoms. The second-order valence-electron chi connectivity index (χ2n) is 6.98. The molecule has 1 fully saturated rings. The Morgan fingerprint density at radius 3 is 2.92 bits per heavy atom. The number of hydrogen-bond donors (Lipinski definition) is 0. The Kier molecular flexibility index (Phi) is 4.97. The van der Waals surface area contributed by atoms with E-state index in [0.29, 0.717) is 17.5 Å². The quantitative estimate of drug-likeness (QED) is 0.866. The van der Waals surface area contributed by atoms with Gasteiger partial charge in [0.1, 0.15) is 5.82 Å². The molecule has 0 aliphatic carbocycles. The van der Waals surface area contributed by atoms with E-state index in [-0.39, 0.29) is 5.91 Å². The highest BCUT2D eigenvalue weighted by Crippen LogP contribution is 2.23. The topological polar surface area (TPSA) is 51.0 Å². The molecule has 128 valence electrons. The highest BCUT2D eigenvalue weighted by Gasteiger charge is 2.26. The molecule has 1 amide bonds. The number of nitrogens with zero attached hydrogens (tertiary/aromatic N) is 4.